The predicted octanol–water partition coefficient (Wildman–Crippen LogP) is 3.57. The van der Waals surface area contributed by atoms with Crippen molar-refractivity contribution in [3.8, 4) is 0 Å². The first-order valence-corrected chi connectivity index (χ1v) is 9.77. The van der Waals surface area contributed by atoms with Crippen molar-refractivity contribution in [3.63, 3.8) is 0 Å². The summed E-state index contributed by atoms with van der Waals surface area (Å²) in [5.41, 5.74) is 1.37. The average molecular weight is 386 g/mol. The van der Waals surface area contributed by atoms with E-state index in [9.17, 15) is 13.2 Å². The van der Waals surface area contributed by atoms with Crippen LogP contribution in [0.2, 0.25) is 10.0 Å². The van der Waals surface area contributed by atoms with Gasteiger partial charge in [-0.1, -0.05) is 59.6 Å². The van der Waals surface area contributed by atoms with Gasteiger partial charge in [-0.3, -0.25) is 4.79 Å². The summed E-state index contributed by atoms with van der Waals surface area (Å²) in [6.07, 6.45) is 0. The van der Waals surface area contributed by atoms with Crippen LogP contribution in [0.25, 0.3) is 0 Å². The van der Waals surface area contributed by atoms with Crippen LogP contribution in [0, 0.1) is 0 Å². The Balaban J connectivity index is 2.01. The molecule has 0 aliphatic carbocycles. The third kappa shape index (κ3) is 5.51. The highest BCUT2D eigenvalue weighted by molar-refractivity contribution is 7.91. The van der Waals surface area contributed by atoms with Gasteiger partial charge >= 0.3 is 0 Å². The van der Waals surface area contributed by atoms with Gasteiger partial charge in [0.05, 0.1) is 5.75 Å². The maximum Gasteiger partial charge on any atom is 0.237 e. The van der Waals surface area contributed by atoms with Gasteiger partial charge in [-0.2, -0.15) is 0 Å². The lowest BCUT2D eigenvalue weighted by Crippen LogP contribution is -2.32. The van der Waals surface area contributed by atoms with Crippen LogP contribution < -0.4 is 0 Å². The third-order valence-electron chi connectivity index (χ3n) is 3.42. The number of rotatable bonds is 6. The lowest BCUT2D eigenvalue weighted by Gasteiger charge is -2.17. The summed E-state index contributed by atoms with van der Waals surface area (Å²) >= 11 is 11.8. The Morgan fingerprint density at radius 1 is 1.08 bits per heavy atom. The molecule has 0 aromatic heterocycles. The standard InChI is InChI=1S/C17H17Cl2NO3S/c1-20(10-13-5-3-2-4-6-13)17(21)12-24(22,23)11-14-7-8-15(18)9-16(14)19/h2-9H,10-12H2,1H3. The highest BCUT2D eigenvalue weighted by atomic mass is 35.5. The minimum atomic E-state index is -3.63. The molecule has 0 bridgehead atoms. The number of carbonyl (C=O) groups is 1. The number of sulfone groups is 1. The summed E-state index contributed by atoms with van der Waals surface area (Å²) < 4.78 is 24.5. The third-order valence-corrected chi connectivity index (χ3v) is 5.45. The molecule has 0 radical (unpaired) electrons. The van der Waals surface area contributed by atoms with Crippen molar-refractivity contribution >= 4 is 38.9 Å². The lowest BCUT2D eigenvalue weighted by molar-refractivity contribution is -0.127. The van der Waals surface area contributed by atoms with E-state index >= 15 is 0 Å². The van der Waals surface area contributed by atoms with Crippen molar-refractivity contribution in [3.05, 3.63) is 69.7 Å². The quantitative estimate of drug-likeness (QED) is 0.763. The number of hydrogen-bond donors (Lipinski definition) is 0. The Kier molecular flexibility index (Phi) is 6.27. The van der Waals surface area contributed by atoms with E-state index in [1.807, 2.05) is 30.3 Å². The van der Waals surface area contributed by atoms with Gasteiger partial charge in [0.15, 0.2) is 9.84 Å². The van der Waals surface area contributed by atoms with E-state index in [0.717, 1.165) is 5.56 Å². The fourth-order valence-electron chi connectivity index (χ4n) is 2.17. The highest BCUT2D eigenvalue weighted by Crippen LogP contribution is 2.23. The molecule has 0 N–H and O–H groups in total. The number of nitrogens with zero attached hydrogens (tertiary/aromatic N) is 1. The largest absolute Gasteiger partial charge is 0.341 e. The zero-order chi connectivity index (χ0) is 17.7. The molecule has 0 spiro atoms. The topological polar surface area (TPSA) is 54.5 Å². The molecule has 7 heteroatoms. The smallest absolute Gasteiger partial charge is 0.237 e. The molecule has 128 valence electrons. The zero-order valence-electron chi connectivity index (χ0n) is 13.1. The molecule has 2 aromatic rings. The minimum Gasteiger partial charge on any atom is -0.341 e. The van der Waals surface area contributed by atoms with Gasteiger partial charge in [-0.25, -0.2) is 8.42 Å². The van der Waals surface area contributed by atoms with Gasteiger partial charge in [-0.05, 0) is 23.3 Å². The van der Waals surface area contributed by atoms with E-state index in [1.54, 1.807) is 19.2 Å². The number of benzene rings is 2. The summed E-state index contributed by atoms with van der Waals surface area (Å²) in [5, 5.41) is 0.705. The molecule has 4 nitrogen and oxygen atoms in total. The fourth-order valence-corrected chi connectivity index (χ4v) is 4.15. The SMILES string of the molecule is CN(Cc1ccccc1)C(=O)CS(=O)(=O)Cc1ccc(Cl)cc1Cl. The van der Waals surface area contributed by atoms with Crippen molar-refractivity contribution in [2.75, 3.05) is 12.8 Å². The Morgan fingerprint density at radius 3 is 2.38 bits per heavy atom. The second kappa shape index (κ2) is 8.01. The molecule has 24 heavy (non-hydrogen) atoms. The first kappa shape index (κ1) is 18.8. The normalized spacial score (nSPS) is 11.3. The summed E-state index contributed by atoms with van der Waals surface area (Å²) in [7, 11) is -2.04. The molecule has 0 aliphatic rings. The molecule has 0 unspecified atom stereocenters. The van der Waals surface area contributed by atoms with Crippen LogP contribution >= 0.6 is 23.2 Å². The van der Waals surface area contributed by atoms with Crippen molar-refractivity contribution in [2.24, 2.45) is 0 Å². The maximum atomic E-state index is 12.3. The van der Waals surface area contributed by atoms with Gasteiger partial charge in [-0.15, -0.1) is 0 Å². The van der Waals surface area contributed by atoms with E-state index < -0.39 is 21.5 Å². The number of halogens is 2. The van der Waals surface area contributed by atoms with E-state index in [2.05, 4.69) is 0 Å². The number of hydrogen-bond acceptors (Lipinski definition) is 3. The van der Waals surface area contributed by atoms with Crippen molar-refractivity contribution < 1.29 is 13.2 Å². The molecule has 0 saturated heterocycles. The average Bonchev–Trinajstić information content (AvgIpc) is 2.50. The predicted molar refractivity (Wildman–Crippen MR) is 96.9 cm³/mol. The maximum absolute atomic E-state index is 12.3. The zero-order valence-corrected chi connectivity index (χ0v) is 15.4. The summed E-state index contributed by atoms with van der Waals surface area (Å²) in [6.45, 7) is 0.358. The Hall–Kier alpha value is -1.56. The van der Waals surface area contributed by atoms with Crippen LogP contribution in [0.5, 0.6) is 0 Å². The molecule has 0 fully saturated rings. The molecule has 2 aromatic carbocycles. The molecule has 0 atom stereocenters. The summed E-state index contributed by atoms with van der Waals surface area (Å²) in [6, 6.07) is 14.0. The van der Waals surface area contributed by atoms with Crippen LogP contribution in [-0.2, 0) is 26.9 Å². The van der Waals surface area contributed by atoms with Gasteiger partial charge in [0.2, 0.25) is 5.91 Å². The molecular formula is C17H17Cl2NO3S. The summed E-state index contributed by atoms with van der Waals surface area (Å²) in [5.74, 6) is -1.31. The second-order valence-electron chi connectivity index (χ2n) is 5.50. The fraction of sp³-hybridized carbons (Fsp3) is 0.235. The molecule has 1 amide bonds. The molecule has 0 heterocycles. The lowest BCUT2D eigenvalue weighted by atomic mass is 10.2. The van der Waals surface area contributed by atoms with Gasteiger partial charge in [0.25, 0.3) is 0 Å². The Morgan fingerprint density at radius 2 is 1.75 bits per heavy atom. The molecule has 2 rings (SSSR count). The first-order chi connectivity index (χ1) is 11.3. The molecule has 0 saturated carbocycles. The highest BCUT2D eigenvalue weighted by Gasteiger charge is 2.21. The number of carbonyl (C=O) groups excluding carboxylic acids is 1. The van der Waals surface area contributed by atoms with Crippen LogP contribution in [0.15, 0.2) is 48.5 Å². The van der Waals surface area contributed by atoms with E-state index in [-0.39, 0.29) is 10.8 Å². The van der Waals surface area contributed by atoms with Crippen molar-refractivity contribution in [2.45, 2.75) is 12.3 Å². The molecular weight excluding hydrogens is 369 g/mol. The van der Waals surface area contributed by atoms with Crippen molar-refractivity contribution in [1.29, 1.82) is 0 Å². The number of amides is 1. The first-order valence-electron chi connectivity index (χ1n) is 7.19. The van der Waals surface area contributed by atoms with E-state index in [1.165, 1.54) is 11.0 Å². The second-order valence-corrected chi connectivity index (χ2v) is 8.41. The van der Waals surface area contributed by atoms with E-state index in [4.69, 9.17) is 23.2 Å². The molecule has 0 aliphatic heterocycles. The Labute approximate surface area is 151 Å². The monoisotopic (exact) mass is 385 g/mol. The van der Waals surface area contributed by atoms with Crippen LogP contribution in [0.1, 0.15) is 11.1 Å². The van der Waals surface area contributed by atoms with Gasteiger partial charge < -0.3 is 4.90 Å². The van der Waals surface area contributed by atoms with Crippen LogP contribution in [0.4, 0.5) is 0 Å². The Bertz CT molecular complexity index is 823. The minimum absolute atomic E-state index is 0.274. The van der Waals surface area contributed by atoms with Crippen LogP contribution in [-0.4, -0.2) is 32.0 Å². The van der Waals surface area contributed by atoms with Gasteiger partial charge in [0, 0.05) is 23.6 Å². The summed E-state index contributed by atoms with van der Waals surface area (Å²) in [4.78, 5) is 13.6. The van der Waals surface area contributed by atoms with E-state index in [0.29, 0.717) is 17.1 Å². The van der Waals surface area contributed by atoms with Gasteiger partial charge in [0.1, 0.15) is 5.75 Å². The van der Waals surface area contributed by atoms with Crippen LogP contribution in [0.3, 0.4) is 0 Å². The van der Waals surface area contributed by atoms with Crippen molar-refractivity contribution in [1.82, 2.24) is 4.90 Å².